The van der Waals surface area contributed by atoms with E-state index in [4.69, 9.17) is 4.74 Å². The molecule has 3 rings (SSSR count). The highest BCUT2D eigenvalue weighted by Gasteiger charge is 2.09. The number of ether oxygens (including phenoxy) is 1. The Morgan fingerprint density at radius 1 is 1.12 bits per heavy atom. The molecule has 0 fully saturated rings. The number of hydrogen-bond acceptors (Lipinski definition) is 4. The number of carbonyl (C=O) groups is 1. The summed E-state index contributed by atoms with van der Waals surface area (Å²) in [5.74, 6) is 0.761. The van der Waals surface area contributed by atoms with Crippen LogP contribution in [0.3, 0.4) is 0 Å². The summed E-state index contributed by atoms with van der Waals surface area (Å²) >= 11 is 1.56. The van der Waals surface area contributed by atoms with Gasteiger partial charge in [-0.3, -0.25) is 4.79 Å². The fraction of sp³-hybridized carbons (Fsp3) is 0.200. The lowest BCUT2D eigenvalue weighted by Crippen LogP contribution is -2.29. The zero-order valence-corrected chi connectivity index (χ0v) is 14.9. The Bertz CT molecular complexity index is 813. The highest BCUT2D eigenvalue weighted by Crippen LogP contribution is 2.24. The number of aryl methyl sites for hydroxylation is 1. The number of hydrogen-bond donors (Lipinski definition) is 1. The number of nitrogens with one attached hydrogen (secondary N) is 1. The van der Waals surface area contributed by atoms with E-state index < -0.39 is 0 Å². The van der Waals surface area contributed by atoms with Crippen molar-refractivity contribution in [2.75, 3.05) is 13.2 Å². The van der Waals surface area contributed by atoms with Crippen LogP contribution in [0, 0.1) is 6.92 Å². The monoisotopic (exact) mass is 352 g/mol. The molecule has 0 unspecified atom stereocenters. The minimum absolute atomic E-state index is 0.0441. The van der Waals surface area contributed by atoms with E-state index in [0.717, 1.165) is 22.0 Å². The first-order valence-corrected chi connectivity index (χ1v) is 9.05. The van der Waals surface area contributed by atoms with Crippen molar-refractivity contribution in [2.45, 2.75) is 13.3 Å². The first kappa shape index (κ1) is 17.2. The largest absolute Gasteiger partial charge is 0.492 e. The number of rotatable bonds is 7. The van der Waals surface area contributed by atoms with Crippen LogP contribution in [0.2, 0.25) is 0 Å². The van der Waals surface area contributed by atoms with Crippen molar-refractivity contribution in [3.05, 3.63) is 71.2 Å². The summed E-state index contributed by atoms with van der Waals surface area (Å²) in [6.07, 6.45) is 0.285. The van der Waals surface area contributed by atoms with E-state index in [1.807, 2.05) is 35.7 Å². The number of carbonyl (C=O) groups excluding carboxylic acids is 1. The smallest absolute Gasteiger partial charge is 0.226 e. The van der Waals surface area contributed by atoms with Crippen molar-refractivity contribution < 1.29 is 9.53 Å². The summed E-state index contributed by atoms with van der Waals surface area (Å²) in [5, 5.41) is 5.74. The molecular weight excluding hydrogens is 332 g/mol. The molecule has 0 saturated carbocycles. The quantitative estimate of drug-likeness (QED) is 0.657. The first-order valence-electron chi connectivity index (χ1n) is 8.17. The molecule has 4 nitrogen and oxygen atoms in total. The molecule has 3 aromatic rings. The van der Waals surface area contributed by atoms with Crippen molar-refractivity contribution in [2.24, 2.45) is 0 Å². The van der Waals surface area contributed by atoms with E-state index >= 15 is 0 Å². The molecule has 5 heteroatoms. The zero-order valence-electron chi connectivity index (χ0n) is 14.1. The first-order chi connectivity index (χ1) is 12.2. The Morgan fingerprint density at radius 3 is 2.64 bits per heavy atom. The van der Waals surface area contributed by atoms with Gasteiger partial charge in [0.15, 0.2) is 0 Å². The molecule has 0 spiro atoms. The summed E-state index contributed by atoms with van der Waals surface area (Å²) < 4.78 is 5.55. The number of amides is 1. The molecule has 0 aliphatic heterocycles. The second kappa shape index (κ2) is 8.44. The Morgan fingerprint density at radius 2 is 1.88 bits per heavy atom. The summed E-state index contributed by atoms with van der Waals surface area (Å²) in [4.78, 5) is 16.6. The Hall–Kier alpha value is -2.66. The number of para-hydroxylation sites is 1. The second-order valence-electron chi connectivity index (χ2n) is 5.70. The van der Waals surface area contributed by atoms with E-state index in [-0.39, 0.29) is 12.3 Å². The fourth-order valence-corrected chi connectivity index (χ4v) is 3.15. The van der Waals surface area contributed by atoms with Gasteiger partial charge in [-0.1, -0.05) is 48.0 Å². The SMILES string of the molecule is Cc1ccc(-c2nc(CC(=O)NCCOc3ccccc3)cs2)cc1. The van der Waals surface area contributed by atoms with Crippen molar-refractivity contribution in [3.63, 3.8) is 0 Å². The highest BCUT2D eigenvalue weighted by atomic mass is 32.1. The van der Waals surface area contributed by atoms with E-state index in [2.05, 4.69) is 41.5 Å². The molecule has 1 amide bonds. The minimum Gasteiger partial charge on any atom is -0.492 e. The summed E-state index contributed by atoms with van der Waals surface area (Å²) in [7, 11) is 0. The van der Waals surface area contributed by atoms with Crippen LogP contribution in [0.5, 0.6) is 5.75 Å². The maximum absolute atomic E-state index is 12.0. The normalized spacial score (nSPS) is 10.4. The number of nitrogens with zero attached hydrogens (tertiary/aromatic N) is 1. The molecule has 1 aromatic heterocycles. The summed E-state index contributed by atoms with van der Waals surface area (Å²) in [6.45, 7) is 2.98. The van der Waals surface area contributed by atoms with Crippen molar-refractivity contribution >= 4 is 17.2 Å². The minimum atomic E-state index is -0.0441. The molecule has 1 N–H and O–H groups in total. The molecule has 0 saturated heterocycles. The average Bonchev–Trinajstić information content (AvgIpc) is 3.09. The van der Waals surface area contributed by atoms with Gasteiger partial charge in [-0.25, -0.2) is 4.98 Å². The van der Waals surface area contributed by atoms with Gasteiger partial charge in [0.05, 0.1) is 18.7 Å². The van der Waals surface area contributed by atoms with Crippen molar-refractivity contribution in [3.8, 4) is 16.3 Å². The van der Waals surface area contributed by atoms with Gasteiger partial charge in [0.25, 0.3) is 0 Å². The third-order valence-electron chi connectivity index (χ3n) is 3.63. The lowest BCUT2D eigenvalue weighted by molar-refractivity contribution is -0.120. The van der Waals surface area contributed by atoms with E-state index in [1.165, 1.54) is 5.56 Å². The van der Waals surface area contributed by atoms with Crippen LogP contribution in [0.1, 0.15) is 11.3 Å². The molecule has 2 aromatic carbocycles. The van der Waals surface area contributed by atoms with Gasteiger partial charge in [-0.15, -0.1) is 11.3 Å². The lowest BCUT2D eigenvalue weighted by Gasteiger charge is -2.07. The highest BCUT2D eigenvalue weighted by molar-refractivity contribution is 7.13. The van der Waals surface area contributed by atoms with Crippen LogP contribution in [0.15, 0.2) is 60.0 Å². The van der Waals surface area contributed by atoms with Crippen LogP contribution in [-0.4, -0.2) is 24.0 Å². The van der Waals surface area contributed by atoms with E-state index in [0.29, 0.717) is 13.2 Å². The van der Waals surface area contributed by atoms with Crippen LogP contribution in [0.4, 0.5) is 0 Å². The third kappa shape index (κ3) is 5.16. The van der Waals surface area contributed by atoms with Gasteiger partial charge in [-0.2, -0.15) is 0 Å². The van der Waals surface area contributed by atoms with Crippen LogP contribution in [0.25, 0.3) is 10.6 Å². The topological polar surface area (TPSA) is 51.2 Å². The molecule has 0 atom stereocenters. The van der Waals surface area contributed by atoms with Gasteiger partial charge in [0.2, 0.25) is 5.91 Å². The second-order valence-corrected chi connectivity index (χ2v) is 6.56. The van der Waals surface area contributed by atoms with Gasteiger partial charge in [0.1, 0.15) is 17.4 Å². The van der Waals surface area contributed by atoms with E-state index in [1.54, 1.807) is 11.3 Å². The molecule has 0 aliphatic rings. The summed E-state index contributed by atoms with van der Waals surface area (Å²) in [5.41, 5.74) is 3.10. The van der Waals surface area contributed by atoms with Crippen molar-refractivity contribution in [1.82, 2.24) is 10.3 Å². The lowest BCUT2D eigenvalue weighted by atomic mass is 10.2. The number of thiazole rings is 1. The maximum atomic E-state index is 12.0. The standard InChI is InChI=1S/C20H20N2O2S/c1-15-7-9-16(10-8-15)20-22-17(14-25-20)13-19(23)21-11-12-24-18-5-3-2-4-6-18/h2-10,14H,11-13H2,1H3,(H,21,23). The Balaban J connectivity index is 1.44. The Labute approximate surface area is 151 Å². The van der Waals surface area contributed by atoms with Crippen LogP contribution in [-0.2, 0) is 11.2 Å². The van der Waals surface area contributed by atoms with Crippen LogP contribution >= 0.6 is 11.3 Å². The summed E-state index contributed by atoms with van der Waals surface area (Å²) in [6, 6.07) is 17.8. The van der Waals surface area contributed by atoms with Crippen LogP contribution < -0.4 is 10.1 Å². The van der Waals surface area contributed by atoms with E-state index in [9.17, 15) is 4.79 Å². The predicted molar refractivity (Wildman–Crippen MR) is 101 cm³/mol. The molecular formula is C20H20N2O2S. The molecule has 0 bridgehead atoms. The van der Waals surface area contributed by atoms with Gasteiger partial charge < -0.3 is 10.1 Å². The number of aromatic nitrogens is 1. The Kier molecular flexibility index (Phi) is 5.80. The van der Waals surface area contributed by atoms with Gasteiger partial charge in [0, 0.05) is 10.9 Å². The average molecular weight is 352 g/mol. The van der Waals surface area contributed by atoms with Gasteiger partial charge >= 0.3 is 0 Å². The van der Waals surface area contributed by atoms with Gasteiger partial charge in [-0.05, 0) is 19.1 Å². The molecule has 25 heavy (non-hydrogen) atoms. The molecule has 1 heterocycles. The zero-order chi connectivity index (χ0) is 17.5. The fourth-order valence-electron chi connectivity index (χ4n) is 2.32. The predicted octanol–water partition coefficient (Wildman–Crippen LogP) is 3.86. The molecule has 0 radical (unpaired) electrons. The molecule has 0 aliphatic carbocycles. The van der Waals surface area contributed by atoms with Crippen molar-refractivity contribution in [1.29, 1.82) is 0 Å². The third-order valence-corrected chi connectivity index (χ3v) is 4.57. The molecule has 128 valence electrons. The maximum Gasteiger partial charge on any atom is 0.226 e. The number of benzene rings is 2.